The Kier molecular flexibility index (Phi) is 4.41. The summed E-state index contributed by atoms with van der Waals surface area (Å²) in [5.74, 6) is -0.462. The Bertz CT molecular complexity index is 589. The summed E-state index contributed by atoms with van der Waals surface area (Å²) in [7, 11) is 0. The summed E-state index contributed by atoms with van der Waals surface area (Å²) in [6, 6.07) is 13.0. The van der Waals surface area contributed by atoms with E-state index in [4.69, 9.17) is 0 Å². The van der Waals surface area contributed by atoms with Crippen molar-refractivity contribution in [3.05, 3.63) is 54.3 Å². The quantitative estimate of drug-likeness (QED) is 0.825. The number of halogens is 1. The van der Waals surface area contributed by atoms with Gasteiger partial charge in [-0.1, -0.05) is 24.3 Å². The highest BCUT2D eigenvalue weighted by Gasteiger charge is 2.08. The Morgan fingerprint density at radius 3 is 2.26 bits per heavy atom. The number of carbonyl (C=O) groups is 1. The summed E-state index contributed by atoms with van der Waals surface area (Å²) in [4.78, 5) is 12.8. The highest BCUT2D eigenvalue weighted by atomic mass is 32.2. The third-order valence-electron chi connectivity index (χ3n) is 2.48. The van der Waals surface area contributed by atoms with E-state index in [9.17, 15) is 9.18 Å². The van der Waals surface area contributed by atoms with Gasteiger partial charge in [0.05, 0.1) is 11.4 Å². The number of benzene rings is 2. The van der Waals surface area contributed by atoms with Crippen LogP contribution in [0, 0.1) is 5.82 Å². The molecule has 0 bridgehead atoms. The molecule has 5 heteroatoms. The molecule has 0 unspecified atom stereocenters. The van der Waals surface area contributed by atoms with Crippen molar-refractivity contribution in [2.75, 3.05) is 16.9 Å². The van der Waals surface area contributed by atoms with Crippen molar-refractivity contribution >= 4 is 29.2 Å². The van der Waals surface area contributed by atoms with Crippen molar-refractivity contribution < 1.29 is 9.18 Å². The minimum absolute atomic E-state index is 0.154. The smallest absolute Gasteiger partial charge is 0.307 e. The predicted molar refractivity (Wildman–Crippen MR) is 77.3 cm³/mol. The largest absolute Gasteiger partial charge is 0.323 e. The highest BCUT2D eigenvalue weighted by Crippen LogP contribution is 2.24. The van der Waals surface area contributed by atoms with E-state index in [1.165, 1.54) is 23.9 Å². The Labute approximate surface area is 115 Å². The number of thioether (sulfide) groups is 1. The number of para-hydroxylation sites is 2. The van der Waals surface area contributed by atoms with Crippen LogP contribution in [0.1, 0.15) is 0 Å². The van der Waals surface area contributed by atoms with E-state index in [0.717, 1.165) is 4.90 Å². The first-order valence-corrected chi connectivity index (χ1v) is 6.88. The fourth-order valence-corrected chi connectivity index (χ4v) is 2.14. The van der Waals surface area contributed by atoms with Gasteiger partial charge in [0.15, 0.2) is 0 Å². The number of hydrogen-bond acceptors (Lipinski definition) is 2. The van der Waals surface area contributed by atoms with Crippen molar-refractivity contribution in [2.24, 2.45) is 0 Å². The fourth-order valence-electron chi connectivity index (χ4n) is 1.59. The van der Waals surface area contributed by atoms with E-state index < -0.39 is 11.8 Å². The van der Waals surface area contributed by atoms with Crippen LogP contribution in [-0.2, 0) is 0 Å². The van der Waals surface area contributed by atoms with Crippen molar-refractivity contribution in [2.45, 2.75) is 4.90 Å². The first-order valence-electron chi connectivity index (χ1n) is 5.66. The van der Waals surface area contributed by atoms with Crippen molar-refractivity contribution in [3.8, 4) is 0 Å². The van der Waals surface area contributed by atoms with Crippen LogP contribution in [0.3, 0.4) is 0 Å². The number of rotatable bonds is 3. The maximum atomic E-state index is 13.4. The van der Waals surface area contributed by atoms with E-state index in [-0.39, 0.29) is 5.69 Å². The second kappa shape index (κ2) is 6.24. The molecule has 0 saturated carbocycles. The normalized spacial score (nSPS) is 10.0. The maximum Gasteiger partial charge on any atom is 0.323 e. The molecule has 0 aromatic heterocycles. The van der Waals surface area contributed by atoms with E-state index in [2.05, 4.69) is 10.6 Å². The molecule has 0 radical (unpaired) electrons. The number of carbonyl (C=O) groups excluding carboxylic acids is 1. The van der Waals surface area contributed by atoms with Gasteiger partial charge in [0.2, 0.25) is 0 Å². The van der Waals surface area contributed by atoms with Gasteiger partial charge in [0.1, 0.15) is 5.82 Å². The van der Waals surface area contributed by atoms with Gasteiger partial charge in [-0.15, -0.1) is 11.8 Å². The maximum absolute atomic E-state index is 13.4. The lowest BCUT2D eigenvalue weighted by atomic mass is 10.3. The zero-order valence-electron chi connectivity index (χ0n) is 10.3. The van der Waals surface area contributed by atoms with Gasteiger partial charge >= 0.3 is 6.03 Å². The average molecular weight is 276 g/mol. The number of hydrogen-bond donors (Lipinski definition) is 2. The molecule has 0 aliphatic heterocycles. The van der Waals surface area contributed by atoms with Crippen LogP contribution in [0.15, 0.2) is 53.4 Å². The Balaban J connectivity index is 2.08. The van der Waals surface area contributed by atoms with E-state index in [0.29, 0.717) is 5.69 Å². The van der Waals surface area contributed by atoms with Gasteiger partial charge in [-0.05, 0) is 30.5 Å². The molecule has 2 amide bonds. The summed E-state index contributed by atoms with van der Waals surface area (Å²) >= 11 is 1.53. The van der Waals surface area contributed by atoms with Crippen molar-refractivity contribution in [3.63, 3.8) is 0 Å². The molecule has 2 aromatic rings. The number of anilines is 2. The zero-order valence-corrected chi connectivity index (χ0v) is 11.1. The van der Waals surface area contributed by atoms with Crippen molar-refractivity contribution in [1.29, 1.82) is 0 Å². The topological polar surface area (TPSA) is 41.1 Å². The molecule has 0 heterocycles. The van der Waals surface area contributed by atoms with Crippen LogP contribution in [0.5, 0.6) is 0 Å². The molecular weight excluding hydrogens is 263 g/mol. The SMILES string of the molecule is CSc1ccccc1NC(=O)Nc1ccccc1F. The highest BCUT2D eigenvalue weighted by molar-refractivity contribution is 7.98. The third kappa shape index (κ3) is 3.48. The Morgan fingerprint density at radius 2 is 1.58 bits per heavy atom. The van der Waals surface area contributed by atoms with E-state index in [1.54, 1.807) is 18.2 Å². The first kappa shape index (κ1) is 13.4. The van der Waals surface area contributed by atoms with Gasteiger partial charge in [-0.3, -0.25) is 0 Å². The summed E-state index contributed by atoms with van der Waals surface area (Å²) in [5, 5.41) is 5.18. The second-order valence-corrected chi connectivity index (χ2v) is 4.61. The van der Waals surface area contributed by atoms with Gasteiger partial charge in [-0.2, -0.15) is 0 Å². The molecule has 3 nitrogen and oxygen atoms in total. The molecule has 0 aliphatic carbocycles. The van der Waals surface area contributed by atoms with Crippen LogP contribution in [0.4, 0.5) is 20.6 Å². The van der Waals surface area contributed by atoms with Crippen LogP contribution in [-0.4, -0.2) is 12.3 Å². The monoisotopic (exact) mass is 276 g/mol. The first-order chi connectivity index (χ1) is 9.20. The average Bonchev–Trinajstić information content (AvgIpc) is 2.42. The molecule has 98 valence electrons. The Morgan fingerprint density at radius 1 is 1.00 bits per heavy atom. The lowest BCUT2D eigenvalue weighted by Gasteiger charge is -2.10. The number of urea groups is 1. The van der Waals surface area contributed by atoms with E-state index in [1.807, 2.05) is 24.5 Å². The number of nitrogens with one attached hydrogen (secondary N) is 2. The summed E-state index contributed by atoms with van der Waals surface area (Å²) in [6.45, 7) is 0. The molecule has 2 N–H and O–H groups in total. The minimum atomic E-state index is -0.466. The lowest BCUT2D eigenvalue weighted by molar-refractivity contribution is 0.262. The molecule has 2 aromatic carbocycles. The van der Waals surface area contributed by atoms with Crippen LogP contribution in [0.25, 0.3) is 0 Å². The Hall–Kier alpha value is -2.01. The second-order valence-electron chi connectivity index (χ2n) is 3.76. The molecular formula is C14H13FN2OS. The predicted octanol–water partition coefficient (Wildman–Crippen LogP) is 4.19. The van der Waals surface area contributed by atoms with Crippen LogP contribution >= 0.6 is 11.8 Å². The molecule has 0 saturated heterocycles. The lowest BCUT2D eigenvalue weighted by Crippen LogP contribution is -2.20. The molecule has 0 fully saturated rings. The molecule has 0 aliphatic rings. The van der Waals surface area contributed by atoms with Gasteiger partial charge in [0, 0.05) is 4.90 Å². The molecule has 2 rings (SSSR count). The fraction of sp³-hybridized carbons (Fsp3) is 0.0714. The van der Waals surface area contributed by atoms with Crippen LogP contribution in [0.2, 0.25) is 0 Å². The standard InChI is InChI=1S/C14H13FN2OS/c1-19-13-9-5-4-8-12(13)17-14(18)16-11-7-3-2-6-10(11)15/h2-9H,1H3,(H2,16,17,18). The zero-order chi connectivity index (χ0) is 13.7. The number of amides is 2. The summed E-state index contributed by atoms with van der Waals surface area (Å²) in [6.07, 6.45) is 1.93. The third-order valence-corrected chi connectivity index (χ3v) is 3.27. The van der Waals surface area contributed by atoms with Gasteiger partial charge in [-0.25, -0.2) is 9.18 Å². The minimum Gasteiger partial charge on any atom is -0.307 e. The van der Waals surface area contributed by atoms with Gasteiger partial charge < -0.3 is 10.6 Å². The molecule has 0 atom stereocenters. The summed E-state index contributed by atoms with van der Waals surface area (Å²) < 4.78 is 13.4. The van der Waals surface area contributed by atoms with Gasteiger partial charge in [0.25, 0.3) is 0 Å². The summed E-state index contributed by atoms with van der Waals surface area (Å²) in [5.41, 5.74) is 0.852. The van der Waals surface area contributed by atoms with Crippen molar-refractivity contribution in [1.82, 2.24) is 0 Å². The molecule has 19 heavy (non-hydrogen) atoms. The van der Waals surface area contributed by atoms with Crippen LogP contribution < -0.4 is 10.6 Å². The van der Waals surface area contributed by atoms with E-state index >= 15 is 0 Å². The molecule has 0 spiro atoms.